The van der Waals surface area contributed by atoms with Gasteiger partial charge in [0, 0.05) is 18.0 Å². The number of carboxylic acid groups (broad SMARTS) is 1. The van der Waals surface area contributed by atoms with Crippen LogP contribution in [-0.2, 0) is 7.05 Å². The first-order valence-electron chi connectivity index (χ1n) is 5.51. The first-order valence-corrected chi connectivity index (χ1v) is 5.51. The number of carbonyl (C=O) groups is 1. The van der Waals surface area contributed by atoms with Crippen molar-refractivity contribution in [2.24, 2.45) is 7.05 Å². The Hall–Kier alpha value is -1.97. The summed E-state index contributed by atoms with van der Waals surface area (Å²) >= 11 is 0. The third kappa shape index (κ3) is 1.75. The molecule has 1 aromatic carbocycles. The highest BCUT2D eigenvalue weighted by Gasteiger charge is 2.17. The van der Waals surface area contributed by atoms with Gasteiger partial charge in [-0.3, -0.25) is 0 Å². The van der Waals surface area contributed by atoms with E-state index < -0.39 is 5.97 Å². The van der Waals surface area contributed by atoms with Crippen LogP contribution in [0.3, 0.4) is 0 Å². The molecular weight excluding hydrogens is 218 g/mol. The lowest BCUT2D eigenvalue weighted by Gasteiger charge is -2.03. The average molecular weight is 233 g/mol. The molecule has 0 fully saturated rings. The number of carboxylic acids is 1. The summed E-state index contributed by atoms with van der Waals surface area (Å²) < 4.78 is 7.12. The molecule has 2 aromatic rings. The van der Waals surface area contributed by atoms with Crippen LogP contribution in [0.1, 0.15) is 23.0 Å². The number of aryl methyl sites for hydroxylation is 2. The third-order valence-corrected chi connectivity index (χ3v) is 2.94. The fourth-order valence-corrected chi connectivity index (χ4v) is 2.17. The van der Waals surface area contributed by atoms with Crippen molar-refractivity contribution >= 4 is 16.9 Å². The molecule has 0 amide bonds. The second kappa shape index (κ2) is 4.13. The van der Waals surface area contributed by atoms with Crippen LogP contribution in [0.2, 0.25) is 0 Å². The zero-order valence-electron chi connectivity index (χ0n) is 10.2. The SMILES string of the molecule is CCOc1ccc2c(c1)c(C)c(C(=O)O)n2C. The molecule has 0 atom stereocenters. The topological polar surface area (TPSA) is 51.5 Å². The molecule has 0 spiro atoms. The largest absolute Gasteiger partial charge is 0.494 e. The van der Waals surface area contributed by atoms with Gasteiger partial charge in [-0.2, -0.15) is 0 Å². The van der Waals surface area contributed by atoms with E-state index in [1.165, 1.54) is 0 Å². The van der Waals surface area contributed by atoms with Crippen LogP contribution in [-0.4, -0.2) is 22.2 Å². The van der Waals surface area contributed by atoms with E-state index in [0.29, 0.717) is 12.3 Å². The van der Waals surface area contributed by atoms with Crippen LogP contribution in [0.25, 0.3) is 10.9 Å². The quantitative estimate of drug-likeness (QED) is 0.886. The maximum Gasteiger partial charge on any atom is 0.352 e. The molecule has 90 valence electrons. The molecule has 0 aliphatic carbocycles. The van der Waals surface area contributed by atoms with Crippen LogP contribution in [0.4, 0.5) is 0 Å². The summed E-state index contributed by atoms with van der Waals surface area (Å²) in [5.41, 5.74) is 2.01. The molecule has 0 aliphatic heterocycles. The summed E-state index contributed by atoms with van der Waals surface area (Å²) in [5, 5.41) is 10.1. The monoisotopic (exact) mass is 233 g/mol. The number of rotatable bonds is 3. The molecule has 1 N–H and O–H groups in total. The maximum atomic E-state index is 11.2. The van der Waals surface area contributed by atoms with Gasteiger partial charge in [0.25, 0.3) is 0 Å². The Morgan fingerprint density at radius 3 is 2.76 bits per heavy atom. The number of fused-ring (bicyclic) bond motifs is 1. The molecule has 1 aromatic heterocycles. The van der Waals surface area contributed by atoms with Gasteiger partial charge in [0.1, 0.15) is 11.4 Å². The number of aromatic nitrogens is 1. The van der Waals surface area contributed by atoms with E-state index in [-0.39, 0.29) is 0 Å². The number of aromatic carboxylic acids is 1. The Morgan fingerprint density at radius 1 is 1.47 bits per heavy atom. The first kappa shape index (κ1) is 11.5. The van der Waals surface area contributed by atoms with Crippen molar-refractivity contribution in [2.45, 2.75) is 13.8 Å². The summed E-state index contributed by atoms with van der Waals surface area (Å²) in [6.45, 7) is 4.34. The van der Waals surface area contributed by atoms with Crippen molar-refractivity contribution in [3.63, 3.8) is 0 Å². The van der Waals surface area contributed by atoms with E-state index in [2.05, 4.69) is 0 Å². The predicted octanol–water partition coefficient (Wildman–Crippen LogP) is 2.58. The van der Waals surface area contributed by atoms with Crippen molar-refractivity contribution < 1.29 is 14.6 Å². The van der Waals surface area contributed by atoms with Gasteiger partial charge in [0.2, 0.25) is 0 Å². The predicted molar refractivity (Wildman–Crippen MR) is 65.8 cm³/mol. The van der Waals surface area contributed by atoms with E-state index in [1.54, 1.807) is 11.6 Å². The minimum absolute atomic E-state index is 0.327. The van der Waals surface area contributed by atoms with Crippen LogP contribution in [0.5, 0.6) is 5.75 Å². The highest BCUT2D eigenvalue weighted by molar-refractivity contribution is 5.98. The minimum atomic E-state index is -0.904. The molecule has 1 heterocycles. The lowest BCUT2D eigenvalue weighted by molar-refractivity contribution is 0.0686. The zero-order chi connectivity index (χ0) is 12.6. The van der Waals surface area contributed by atoms with Gasteiger partial charge in [0.15, 0.2) is 0 Å². The molecule has 17 heavy (non-hydrogen) atoms. The smallest absolute Gasteiger partial charge is 0.352 e. The van der Waals surface area contributed by atoms with Gasteiger partial charge in [-0.05, 0) is 37.6 Å². The van der Waals surface area contributed by atoms with E-state index in [9.17, 15) is 4.79 Å². The Balaban J connectivity index is 2.70. The summed E-state index contributed by atoms with van der Waals surface area (Å²) in [7, 11) is 1.76. The molecule has 0 saturated carbocycles. The maximum absolute atomic E-state index is 11.2. The molecule has 2 rings (SSSR count). The van der Waals surface area contributed by atoms with E-state index in [1.807, 2.05) is 32.0 Å². The fraction of sp³-hybridized carbons (Fsp3) is 0.308. The molecule has 0 bridgehead atoms. The summed E-state index contributed by atoms with van der Waals surface area (Å²) in [4.78, 5) is 11.2. The Morgan fingerprint density at radius 2 is 2.18 bits per heavy atom. The Bertz CT molecular complexity index is 584. The molecule has 4 heteroatoms. The number of nitrogens with zero attached hydrogens (tertiary/aromatic N) is 1. The number of hydrogen-bond donors (Lipinski definition) is 1. The van der Waals surface area contributed by atoms with Crippen LogP contribution >= 0.6 is 0 Å². The second-order valence-electron chi connectivity index (χ2n) is 3.95. The summed E-state index contributed by atoms with van der Waals surface area (Å²) in [6.07, 6.45) is 0. The summed E-state index contributed by atoms with van der Waals surface area (Å²) in [6, 6.07) is 5.64. The molecule has 0 saturated heterocycles. The van der Waals surface area contributed by atoms with Crippen molar-refractivity contribution in [1.82, 2.24) is 4.57 Å². The van der Waals surface area contributed by atoms with Crippen molar-refractivity contribution in [3.05, 3.63) is 29.5 Å². The summed E-state index contributed by atoms with van der Waals surface area (Å²) in [5.74, 6) is -0.134. The Kier molecular flexibility index (Phi) is 2.79. The van der Waals surface area contributed by atoms with Crippen molar-refractivity contribution in [1.29, 1.82) is 0 Å². The molecule has 0 radical (unpaired) electrons. The van der Waals surface area contributed by atoms with E-state index >= 15 is 0 Å². The molecule has 0 aliphatic rings. The highest BCUT2D eigenvalue weighted by atomic mass is 16.5. The number of ether oxygens (including phenoxy) is 1. The van der Waals surface area contributed by atoms with Crippen LogP contribution in [0, 0.1) is 6.92 Å². The van der Waals surface area contributed by atoms with E-state index in [0.717, 1.165) is 22.2 Å². The Labute approximate surface area is 99.4 Å². The first-order chi connectivity index (χ1) is 8.06. The van der Waals surface area contributed by atoms with Crippen LogP contribution in [0.15, 0.2) is 18.2 Å². The minimum Gasteiger partial charge on any atom is -0.494 e. The van der Waals surface area contributed by atoms with Gasteiger partial charge in [-0.15, -0.1) is 0 Å². The van der Waals surface area contributed by atoms with Gasteiger partial charge >= 0.3 is 5.97 Å². The fourth-order valence-electron chi connectivity index (χ4n) is 2.17. The third-order valence-electron chi connectivity index (χ3n) is 2.94. The zero-order valence-corrected chi connectivity index (χ0v) is 10.2. The lowest BCUT2D eigenvalue weighted by atomic mass is 10.1. The van der Waals surface area contributed by atoms with Gasteiger partial charge in [-0.25, -0.2) is 4.79 Å². The molecule has 0 unspecified atom stereocenters. The van der Waals surface area contributed by atoms with Gasteiger partial charge < -0.3 is 14.4 Å². The number of benzene rings is 1. The second-order valence-corrected chi connectivity index (χ2v) is 3.95. The molecule has 4 nitrogen and oxygen atoms in total. The van der Waals surface area contributed by atoms with Crippen molar-refractivity contribution in [3.8, 4) is 5.75 Å². The lowest BCUT2D eigenvalue weighted by Crippen LogP contribution is -2.05. The van der Waals surface area contributed by atoms with Gasteiger partial charge in [0.05, 0.1) is 6.61 Å². The average Bonchev–Trinajstić information content (AvgIpc) is 2.52. The van der Waals surface area contributed by atoms with Crippen LogP contribution < -0.4 is 4.74 Å². The normalized spacial score (nSPS) is 10.8. The van der Waals surface area contributed by atoms with Crippen molar-refractivity contribution in [2.75, 3.05) is 6.61 Å². The van der Waals surface area contributed by atoms with E-state index in [4.69, 9.17) is 9.84 Å². The standard InChI is InChI=1S/C13H15NO3/c1-4-17-9-5-6-11-10(7-9)8(2)12(13(15)16)14(11)3/h5-7H,4H2,1-3H3,(H,15,16). The molecular formula is C13H15NO3. The highest BCUT2D eigenvalue weighted by Crippen LogP contribution is 2.28. The number of hydrogen-bond acceptors (Lipinski definition) is 2. The van der Waals surface area contributed by atoms with Gasteiger partial charge in [-0.1, -0.05) is 0 Å².